The van der Waals surface area contributed by atoms with Crippen molar-refractivity contribution in [3.8, 4) is 17.6 Å². The van der Waals surface area contributed by atoms with Crippen molar-refractivity contribution in [1.29, 1.82) is 10.7 Å². The highest BCUT2D eigenvalue weighted by molar-refractivity contribution is 6.14. The van der Waals surface area contributed by atoms with Crippen LogP contribution in [0.3, 0.4) is 0 Å². The van der Waals surface area contributed by atoms with E-state index in [0.717, 1.165) is 0 Å². The monoisotopic (exact) mass is 560 g/mol. The van der Waals surface area contributed by atoms with Crippen LogP contribution < -0.4 is 31.2 Å². The molecule has 0 spiro atoms. The summed E-state index contributed by atoms with van der Waals surface area (Å²) in [7, 11) is 0. The van der Waals surface area contributed by atoms with E-state index in [1.165, 1.54) is 25.1 Å². The number of rotatable bonds is 6. The third-order valence-electron chi connectivity index (χ3n) is 5.39. The number of benzene rings is 2. The lowest BCUT2D eigenvalue weighted by Gasteiger charge is -2.28. The molecule has 2 aliphatic heterocycles. The van der Waals surface area contributed by atoms with Gasteiger partial charge in [0, 0.05) is 11.8 Å². The van der Waals surface area contributed by atoms with Crippen LogP contribution in [0.4, 0.5) is 5.69 Å². The van der Waals surface area contributed by atoms with Crippen molar-refractivity contribution in [2.24, 2.45) is 15.7 Å². The van der Waals surface area contributed by atoms with Crippen LogP contribution in [0.2, 0.25) is 0 Å². The third kappa shape index (κ3) is 6.97. The highest BCUT2D eigenvalue weighted by atomic mass is 16.6. The Morgan fingerprint density at radius 1 is 1.20 bits per heavy atom. The highest BCUT2D eigenvalue weighted by Gasteiger charge is 2.36. The van der Waals surface area contributed by atoms with Crippen molar-refractivity contribution in [2.45, 2.75) is 45.4 Å². The van der Waals surface area contributed by atoms with Gasteiger partial charge >= 0.3 is 12.0 Å². The Kier molecular flexibility index (Phi) is 7.92. The van der Waals surface area contributed by atoms with Crippen molar-refractivity contribution >= 4 is 35.4 Å². The average Bonchev–Trinajstić information content (AvgIpc) is 2.87. The molecule has 2 heterocycles. The number of ether oxygens (including phenoxy) is 3. The first-order chi connectivity index (χ1) is 19.3. The Bertz CT molecular complexity index is 1550. The van der Waals surface area contributed by atoms with E-state index in [9.17, 15) is 20.0 Å². The lowest BCUT2D eigenvalue weighted by Crippen LogP contribution is -2.53. The van der Waals surface area contributed by atoms with Crippen molar-refractivity contribution in [3.63, 3.8) is 0 Å². The first-order valence-electron chi connectivity index (χ1n) is 12.3. The molecule has 0 saturated carbocycles. The van der Waals surface area contributed by atoms with Gasteiger partial charge in [0.15, 0.2) is 17.8 Å². The van der Waals surface area contributed by atoms with Crippen LogP contribution in [0.25, 0.3) is 0 Å². The first-order valence-corrected chi connectivity index (χ1v) is 12.3. The lowest BCUT2D eigenvalue weighted by molar-refractivity contribution is -0.123. The Morgan fingerprint density at radius 3 is 2.59 bits per heavy atom. The summed E-state index contributed by atoms with van der Waals surface area (Å²) in [5.41, 5.74) is 5.21. The molecule has 2 unspecified atom stereocenters. The quantitative estimate of drug-likeness (QED) is 0.171. The Labute approximate surface area is 235 Å². The number of aliphatic hydroxyl groups is 1. The number of nitrogens with one attached hydrogen (secondary N) is 4. The molecule has 2 aliphatic rings. The van der Waals surface area contributed by atoms with Gasteiger partial charge in [-0.15, -0.1) is 0 Å². The van der Waals surface area contributed by atoms with E-state index in [4.69, 9.17) is 25.4 Å². The van der Waals surface area contributed by atoms with E-state index in [0.29, 0.717) is 11.4 Å². The molecule has 14 nitrogen and oxygen atoms in total. The van der Waals surface area contributed by atoms with Crippen LogP contribution in [0, 0.1) is 16.7 Å². The normalized spacial score (nSPS) is 17.0. The minimum atomic E-state index is -1.11. The van der Waals surface area contributed by atoms with Crippen LogP contribution in [0.5, 0.6) is 11.5 Å². The largest absolute Gasteiger partial charge is 0.456 e. The summed E-state index contributed by atoms with van der Waals surface area (Å²) in [6.45, 7) is 6.54. The molecule has 2 atom stereocenters. The molecule has 2 aromatic carbocycles. The van der Waals surface area contributed by atoms with Gasteiger partial charge in [-0.2, -0.15) is 10.3 Å². The number of anilines is 1. The second kappa shape index (κ2) is 11.4. The number of aliphatic imine (C=N–C) groups is 2. The van der Waals surface area contributed by atoms with E-state index in [-0.39, 0.29) is 46.3 Å². The van der Waals surface area contributed by atoms with E-state index in [2.05, 4.69) is 25.9 Å². The number of hydrogen-bond acceptors (Lipinski definition) is 11. The van der Waals surface area contributed by atoms with E-state index >= 15 is 0 Å². The summed E-state index contributed by atoms with van der Waals surface area (Å²) in [5.74, 6) is -1.19. The average molecular weight is 561 g/mol. The zero-order valence-corrected chi connectivity index (χ0v) is 22.6. The van der Waals surface area contributed by atoms with E-state index in [1.807, 2.05) is 6.07 Å². The number of carbonyl (C=O) groups excluding carboxylic acids is 2. The van der Waals surface area contributed by atoms with Crippen LogP contribution in [-0.2, 0) is 9.53 Å². The van der Waals surface area contributed by atoms with Gasteiger partial charge in [0.25, 0.3) is 11.8 Å². The van der Waals surface area contributed by atoms with Crippen molar-refractivity contribution < 1.29 is 28.9 Å². The predicted molar refractivity (Wildman–Crippen MR) is 148 cm³/mol. The summed E-state index contributed by atoms with van der Waals surface area (Å²) in [6.07, 6.45) is -1.09. The molecule has 14 heteroatoms. The Morgan fingerprint density at radius 2 is 1.93 bits per heavy atom. The number of carbonyl (C=O) groups is 2. The maximum absolute atomic E-state index is 12.8. The molecule has 0 fully saturated rings. The standard InChI is InChI=1S/C27H28N8O6/c1-13(36)19-22(37)33-20-21(32-19)34-26(40-16-7-5-6-15(10-16)31-25(29)30)35-23(20)39-17-9-8-14(12-28)18(11-17)24(38)41-27(2,3)4/h5-11,13,19,36H,1-4H3,(H,33,37)(H4,29,30,31)(H,32,34,35). The summed E-state index contributed by atoms with van der Waals surface area (Å²) in [4.78, 5) is 34.1. The summed E-state index contributed by atoms with van der Waals surface area (Å²) >= 11 is 0. The fraction of sp³-hybridized carbons (Fsp3) is 0.259. The number of hydrogen-bond donors (Lipinski definition) is 6. The van der Waals surface area contributed by atoms with Gasteiger partial charge in [-0.25, -0.2) is 4.79 Å². The molecule has 1 amide bonds. The van der Waals surface area contributed by atoms with Gasteiger partial charge in [0.05, 0.1) is 17.2 Å². The van der Waals surface area contributed by atoms with Crippen molar-refractivity contribution in [3.05, 3.63) is 65.2 Å². The van der Waals surface area contributed by atoms with Gasteiger partial charge in [-0.1, -0.05) is 6.07 Å². The number of aliphatic hydroxyl groups excluding tert-OH is 1. The summed E-state index contributed by atoms with van der Waals surface area (Å²) < 4.78 is 17.3. The Hall–Kier alpha value is -5.42. The zero-order chi connectivity index (χ0) is 29.9. The molecule has 4 rings (SSSR count). The number of amides is 1. The molecule has 0 saturated heterocycles. The summed E-state index contributed by atoms with van der Waals surface area (Å²) in [5, 5.41) is 35.1. The number of fused-ring (bicyclic) bond motifs is 1. The molecule has 7 N–H and O–H groups in total. The van der Waals surface area contributed by atoms with Crippen molar-refractivity contribution in [2.75, 3.05) is 5.32 Å². The number of esters is 1. The second-order valence-corrected chi connectivity index (χ2v) is 9.97. The number of amidine groups is 2. The van der Waals surface area contributed by atoms with E-state index in [1.54, 1.807) is 45.0 Å². The maximum atomic E-state index is 12.8. The van der Waals surface area contributed by atoms with Crippen LogP contribution in [-0.4, -0.2) is 52.5 Å². The minimum Gasteiger partial charge on any atom is -0.456 e. The number of nitrogens with zero attached hydrogens (tertiary/aromatic N) is 3. The topological polar surface area (TPSA) is 217 Å². The van der Waals surface area contributed by atoms with Gasteiger partial charge in [0.2, 0.25) is 0 Å². The molecule has 0 aromatic heterocycles. The Balaban J connectivity index is 1.72. The predicted octanol–water partition coefficient (Wildman–Crippen LogP) is 1.68. The molecule has 2 aromatic rings. The molecule has 0 aliphatic carbocycles. The zero-order valence-electron chi connectivity index (χ0n) is 22.6. The summed E-state index contributed by atoms with van der Waals surface area (Å²) in [6, 6.07) is 11.5. The van der Waals surface area contributed by atoms with Gasteiger partial charge < -0.3 is 35.7 Å². The fourth-order valence-corrected chi connectivity index (χ4v) is 3.70. The first kappa shape index (κ1) is 28.6. The van der Waals surface area contributed by atoms with Crippen LogP contribution >= 0.6 is 0 Å². The van der Waals surface area contributed by atoms with Crippen LogP contribution in [0.1, 0.15) is 43.6 Å². The van der Waals surface area contributed by atoms with Crippen LogP contribution in [0.15, 0.2) is 64.0 Å². The van der Waals surface area contributed by atoms with E-state index < -0.39 is 29.6 Å². The highest BCUT2D eigenvalue weighted by Crippen LogP contribution is 2.26. The SMILES string of the molecule is CC(O)C1N=C2NC(Oc3cccc(NC(=N)N)c3)=NC(Oc3ccc(C#N)c(C(=O)OC(C)(C)C)c3)=C2NC1=O. The molecular weight excluding hydrogens is 532 g/mol. The molecule has 0 radical (unpaired) electrons. The molecule has 212 valence electrons. The number of nitriles is 1. The van der Waals surface area contributed by atoms with Crippen molar-refractivity contribution in [1.82, 2.24) is 10.6 Å². The number of nitrogens with two attached hydrogens (primary N) is 1. The molecule has 41 heavy (non-hydrogen) atoms. The van der Waals surface area contributed by atoms with Gasteiger partial charge in [0.1, 0.15) is 28.9 Å². The smallest absolute Gasteiger partial charge is 0.340 e. The maximum Gasteiger partial charge on any atom is 0.340 e. The number of guanidine groups is 1. The second-order valence-electron chi connectivity index (χ2n) is 9.97. The lowest BCUT2D eigenvalue weighted by atomic mass is 10.1. The molecular formula is C27H28N8O6. The third-order valence-corrected chi connectivity index (χ3v) is 5.39. The molecule has 0 bridgehead atoms. The van der Waals surface area contributed by atoms with Gasteiger partial charge in [-0.3, -0.25) is 20.5 Å². The van der Waals surface area contributed by atoms with Gasteiger partial charge in [-0.05, 0) is 58.0 Å². The fourth-order valence-electron chi connectivity index (χ4n) is 3.70. The minimum absolute atomic E-state index is 0.0227.